The molecular weight excluding hydrogens is 1110 g/mol. The summed E-state index contributed by atoms with van der Waals surface area (Å²) in [5, 5.41) is 49.6. The Bertz CT molecular complexity index is 3500. The van der Waals surface area contributed by atoms with E-state index in [1.807, 2.05) is 50.2 Å². The predicted octanol–water partition coefficient (Wildman–Crippen LogP) is 6.20. The number of phenolic OH excluding ortho intramolecular Hbond substituents is 2. The van der Waals surface area contributed by atoms with Crippen molar-refractivity contribution < 1.29 is 29.3 Å². The molecule has 5 aliphatic heterocycles. The number of piperazine rings is 2. The van der Waals surface area contributed by atoms with Gasteiger partial charge in [-0.3, -0.25) is 33.7 Å². The number of anilines is 2. The predicted molar refractivity (Wildman–Crippen MR) is 331 cm³/mol. The van der Waals surface area contributed by atoms with Crippen molar-refractivity contribution in [3.63, 3.8) is 0 Å². The van der Waals surface area contributed by atoms with Crippen molar-refractivity contribution in [2.75, 3.05) is 116 Å². The zero-order valence-electron chi connectivity index (χ0n) is 49.7. The van der Waals surface area contributed by atoms with Crippen LogP contribution >= 0.6 is 11.6 Å². The number of carbonyl (C=O) groups excluding carboxylic acids is 3. The minimum Gasteiger partial charge on any atom is -0.508 e. The second-order valence-corrected chi connectivity index (χ2v) is 24.4. The highest BCUT2D eigenvalue weighted by atomic mass is 35.5. The van der Waals surface area contributed by atoms with Gasteiger partial charge in [-0.05, 0) is 112 Å². The van der Waals surface area contributed by atoms with Gasteiger partial charge in [0.2, 0.25) is 17.6 Å². The number of nitrogens with zero attached hydrogens (tertiary/aromatic N) is 13. The lowest BCUT2D eigenvalue weighted by atomic mass is 9.95. The fourth-order valence-electron chi connectivity index (χ4n) is 13.0. The Labute approximate surface area is 507 Å². The molecule has 4 N–H and O–H groups in total. The van der Waals surface area contributed by atoms with Crippen LogP contribution < -0.4 is 25.2 Å². The van der Waals surface area contributed by atoms with Crippen molar-refractivity contribution in [1.82, 2.24) is 59.9 Å². The van der Waals surface area contributed by atoms with Crippen LogP contribution in [0.5, 0.6) is 17.5 Å². The Morgan fingerprint density at radius 1 is 0.872 bits per heavy atom. The van der Waals surface area contributed by atoms with Crippen LogP contribution in [0.4, 0.5) is 11.5 Å². The fourth-order valence-corrected chi connectivity index (χ4v) is 13.3. The topological polar surface area (TPSA) is 228 Å². The quantitative estimate of drug-likeness (QED) is 0.0703. The Morgan fingerprint density at radius 3 is 2.38 bits per heavy atom. The van der Waals surface area contributed by atoms with Crippen molar-refractivity contribution in [3.8, 4) is 40.7 Å². The molecule has 11 rings (SSSR count). The van der Waals surface area contributed by atoms with Gasteiger partial charge in [0.1, 0.15) is 23.9 Å². The second-order valence-electron chi connectivity index (χ2n) is 24.0. The molecule has 0 radical (unpaired) electrons. The highest BCUT2D eigenvalue weighted by Crippen LogP contribution is 2.40. The van der Waals surface area contributed by atoms with Crippen molar-refractivity contribution in [1.29, 1.82) is 5.26 Å². The maximum Gasteiger partial charge on any atom is 0.318 e. The van der Waals surface area contributed by atoms with Gasteiger partial charge in [-0.1, -0.05) is 68.4 Å². The van der Waals surface area contributed by atoms with E-state index in [4.69, 9.17) is 26.3 Å². The fraction of sp³-hybridized carbons (Fsp3) is 0.469. The summed E-state index contributed by atoms with van der Waals surface area (Å²) >= 11 is 6.83. The largest absolute Gasteiger partial charge is 0.508 e. The van der Waals surface area contributed by atoms with E-state index in [0.717, 1.165) is 91.2 Å². The Hall–Kier alpha value is -7.87. The summed E-state index contributed by atoms with van der Waals surface area (Å²) in [4.78, 5) is 66.3. The minimum atomic E-state index is -0.381. The third kappa shape index (κ3) is 13.1. The van der Waals surface area contributed by atoms with E-state index in [2.05, 4.69) is 101 Å². The third-order valence-corrected chi connectivity index (χ3v) is 18.3. The highest BCUT2D eigenvalue weighted by Gasteiger charge is 2.37. The maximum absolute atomic E-state index is 13.9. The molecule has 4 aromatic carbocycles. The molecule has 5 aliphatic rings. The van der Waals surface area contributed by atoms with Gasteiger partial charge in [-0.2, -0.15) is 15.2 Å². The molecule has 4 fully saturated rings. The van der Waals surface area contributed by atoms with Gasteiger partial charge in [0, 0.05) is 125 Å². The Kier molecular flexibility index (Phi) is 18.4. The van der Waals surface area contributed by atoms with Crippen molar-refractivity contribution >= 4 is 51.6 Å². The highest BCUT2D eigenvalue weighted by molar-refractivity contribution is 6.36. The number of ether oxygens (including phenoxy) is 1. The number of likely N-dealkylation sites (tertiary alicyclic amines) is 2. The number of benzene rings is 4. The lowest BCUT2D eigenvalue weighted by Gasteiger charge is -2.42. The van der Waals surface area contributed by atoms with E-state index in [1.54, 1.807) is 15.5 Å². The number of carbonyl (C=O) groups is 3. The summed E-state index contributed by atoms with van der Waals surface area (Å²) in [6.45, 7) is 18.4. The number of rotatable bonds is 18. The molecule has 452 valence electrons. The number of likely N-dealkylation sites (N-methyl/N-ethyl adjacent to an activating group) is 2. The van der Waals surface area contributed by atoms with Gasteiger partial charge in [0.25, 0.3) is 5.91 Å². The van der Waals surface area contributed by atoms with Gasteiger partial charge in [0.15, 0.2) is 5.82 Å². The summed E-state index contributed by atoms with van der Waals surface area (Å²) in [7, 11) is 4.17. The van der Waals surface area contributed by atoms with Gasteiger partial charge >= 0.3 is 6.01 Å². The molecule has 0 saturated carbocycles. The molecule has 4 saturated heterocycles. The molecule has 0 spiro atoms. The number of aromatic hydroxyl groups is 2. The Balaban J connectivity index is 0.715. The van der Waals surface area contributed by atoms with Gasteiger partial charge in [-0.15, -0.1) is 10.2 Å². The molecular formula is C64H78ClN15O6. The zero-order valence-corrected chi connectivity index (χ0v) is 50.4. The van der Waals surface area contributed by atoms with Crippen molar-refractivity contribution in [2.45, 2.75) is 83.1 Å². The molecule has 2 aromatic heterocycles. The summed E-state index contributed by atoms with van der Waals surface area (Å²) in [5.41, 5.74) is 5.61. The normalized spacial score (nSPS) is 20.1. The van der Waals surface area contributed by atoms with Crippen LogP contribution in [0.3, 0.4) is 0 Å². The molecule has 0 aliphatic carbocycles. The third-order valence-electron chi connectivity index (χ3n) is 17.9. The van der Waals surface area contributed by atoms with Crippen LogP contribution in [-0.2, 0) is 29.1 Å². The van der Waals surface area contributed by atoms with E-state index in [9.17, 15) is 29.9 Å². The molecule has 3 amide bonds. The van der Waals surface area contributed by atoms with E-state index >= 15 is 0 Å². The first kappa shape index (κ1) is 59.8. The van der Waals surface area contributed by atoms with Crippen LogP contribution in [0.25, 0.3) is 27.8 Å². The van der Waals surface area contributed by atoms with Crippen LogP contribution in [0, 0.1) is 17.2 Å². The number of hydrogen-bond donors (Lipinski definition) is 4. The SMILES string of the molecule is C=CC(=O)N1CCN(c2nc(OC[C@@H]3C[C@@H](NC(=O)C4CCN(Cc5ccc(-n6c(C(=O)NCCN7CCN(C)CC7)nnc6-c6cc(C(C)C)c(O)cc6O)cc5)CC4)CN3C)nc3c2CCN(c2cccc4cccc(Cl)c24)C3)C[C@@H]1CC#N. The minimum absolute atomic E-state index is 0.00490. The van der Waals surface area contributed by atoms with E-state index in [1.165, 1.54) is 12.1 Å². The standard InChI is InChI=1S/C64H78ClN15O6/c1-6-57(83)79-32-31-78(38-47(79)17-21-66)59-49-20-25-77(54-12-8-10-43-9-7-11-52(65)58(43)54)39-53(49)69-64(70-59)86-40-48-33-45(37-74(48)5)68-62(84)44-18-23-76(24-19-44)36-42-13-15-46(16-14-42)80-60(51-34-50(41(2)3)55(81)35-56(51)82)71-72-61(80)63(85)67-22-26-75-29-27-73(4)28-30-75/h6-16,34-35,41,44-45,47-48,81-82H,1,17-20,22-33,36-40H2,2-5H3,(H,67,85)(H,68,84)/t45-,47+,48+/m1/s1. The average molecular weight is 1190 g/mol. The smallest absolute Gasteiger partial charge is 0.318 e. The summed E-state index contributed by atoms with van der Waals surface area (Å²) < 4.78 is 8.23. The van der Waals surface area contributed by atoms with Gasteiger partial charge in [-0.25, -0.2) is 0 Å². The van der Waals surface area contributed by atoms with Crippen molar-refractivity contribution in [2.24, 2.45) is 5.92 Å². The maximum atomic E-state index is 13.9. The number of nitrogens with one attached hydrogen (secondary N) is 2. The molecule has 86 heavy (non-hydrogen) atoms. The number of piperidine rings is 1. The summed E-state index contributed by atoms with van der Waals surface area (Å²) in [5.74, 6) is 0.274. The molecule has 6 aromatic rings. The van der Waals surface area contributed by atoms with E-state index in [-0.39, 0.29) is 83.3 Å². The average Bonchev–Trinajstić information content (AvgIpc) is 1.52. The van der Waals surface area contributed by atoms with E-state index in [0.29, 0.717) is 100 Å². The van der Waals surface area contributed by atoms with Gasteiger partial charge in [0.05, 0.1) is 41.4 Å². The first-order chi connectivity index (χ1) is 41.6. The number of fused-ring (bicyclic) bond motifs is 2. The Morgan fingerprint density at radius 2 is 1.64 bits per heavy atom. The molecule has 3 atom stereocenters. The monoisotopic (exact) mass is 1190 g/mol. The number of nitriles is 1. The molecule has 0 unspecified atom stereocenters. The first-order valence-corrected chi connectivity index (χ1v) is 30.5. The summed E-state index contributed by atoms with van der Waals surface area (Å²) in [6, 6.07) is 25.3. The number of hydrogen-bond acceptors (Lipinski definition) is 17. The zero-order chi connectivity index (χ0) is 60.2. The van der Waals surface area contributed by atoms with Crippen LogP contribution in [-0.4, -0.2) is 201 Å². The molecule has 0 bridgehead atoms. The van der Waals surface area contributed by atoms with E-state index < -0.39 is 0 Å². The van der Waals surface area contributed by atoms with Crippen LogP contribution in [0.1, 0.15) is 78.5 Å². The molecule has 7 heterocycles. The summed E-state index contributed by atoms with van der Waals surface area (Å²) in [6.07, 6.45) is 4.32. The van der Waals surface area contributed by atoms with Crippen molar-refractivity contribution in [3.05, 3.63) is 119 Å². The number of amides is 3. The number of phenols is 2. The first-order valence-electron chi connectivity index (χ1n) is 30.2. The number of halogens is 1. The number of aromatic nitrogens is 5. The van der Waals surface area contributed by atoms with Crippen LogP contribution in [0.15, 0.2) is 85.5 Å². The second kappa shape index (κ2) is 26.4. The van der Waals surface area contributed by atoms with Gasteiger partial charge < -0.3 is 45.2 Å². The molecule has 21 nitrogen and oxygen atoms in total. The van der Waals surface area contributed by atoms with Crippen LogP contribution in [0.2, 0.25) is 5.02 Å². The lowest BCUT2D eigenvalue weighted by Crippen LogP contribution is -2.55. The molecule has 22 heteroatoms. The lowest BCUT2D eigenvalue weighted by molar-refractivity contribution is -0.128.